The molecule has 1 heterocycles. The molecule has 1 unspecified atom stereocenters. The van der Waals surface area contributed by atoms with Gasteiger partial charge in [-0.25, -0.2) is 0 Å². The first-order valence-electron chi connectivity index (χ1n) is 6.17. The van der Waals surface area contributed by atoms with Crippen molar-refractivity contribution in [3.63, 3.8) is 0 Å². The van der Waals surface area contributed by atoms with E-state index in [0.717, 1.165) is 19.5 Å². The maximum absolute atomic E-state index is 3.60. The Hall–Kier alpha value is -0.470. The molecule has 1 fully saturated rings. The Morgan fingerprint density at radius 3 is 2.81 bits per heavy atom. The van der Waals surface area contributed by atoms with Crippen LogP contribution in [0.2, 0.25) is 0 Å². The number of benzene rings is 1. The summed E-state index contributed by atoms with van der Waals surface area (Å²) < 4.78 is 0.497. The van der Waals surface area contributed by atoms with Crippen LogP contribution in [0.15, 0.2) is 30.3 Å². The van der Waals surface area contributed by atoms with Crippen molar-refractivity contribution < 1.29 is 0 Å². The summed E-state index contributed by atoms with van der Waals surface area (Å²) in [6, 6.07) is 10.7. The number of nitrogens with one attached hydrogen (secondary N) is 1. The molecule has 0 spiro atoms. The summed E-state index contributed by atoms with van der Waals surface area (Å²) in [4.78, 5) is 0. The summed E-state index contributed by atoms with van der Waals surface area (Å²) in [6.45, 7) is 4.64. The Balaban J connectivity index is 1.65. The molecule has 1 N–H and O–H groups in total. The summed E-state index contributed by atoms with van der Waals surface area (Å²) in [6.07, 6.45) is 3.90. The van der Waals surface area contributed by atoms with E-state index < -0.39 is 0 Å². The summed E-state index contributed by atoms with van der Waals surface area (Å²) in [5.41, 5.74) is 1.43. The van der Waals surface area contributed by atoms with Crippen LogP contribution in [-0.2, 0) is 6.42 Å². The molecule has 0 saturated carbocycles. The van der Waals surface area contributed by atoms with E-state index in [4.69, 9.17) is 0 Å². The number of hydrogen-bond acceptors (Lipinski definition) is 2. The molecule has 1 aromatic rings. The van der Waals surface area contributed by atoms with Gasteiger partial charge in [0, 0.05) is 11.3 Å². The average Bonchev–Trinajstić information content (AvgIpc) is 2.74. The molecule has 1 aliphatic rings. The van der Waals surface area contributed by atoms with Gasteiger partial charge in [-0.2, -0.15) is 11.8 Å². The molecular weight excluding hydrogens is 214 g/mol. The molecule has 2 heteroatoms. The second-order valence-corrected chi connectivity index (χ2v) is 6.50. The second-order valence-electron chi connectivity index (χ2n) is 4.81. The highest BCUT2D eigenvalue weighted by Crippen LogP contribution is 2.36. The van der Waals surface area contributed by atoms with Crippen LogP contribution in [0.5, 0.6) is 0 Å². The highest BCUT2D eigenvalue weighted by atomic mass is 32.2. The minimum absolute atomic E-state index is 0.497. The maximum atomic E-state index is 3.60. The third-order valence-corrected chi connectivity index (χ3v) is 4.77. The van der Waals surface area contributed by atoms with E-state index in [-0.39, 0.29) is 0 Å². The van der Waals surface area contributed by atoms with E-state index in [1.54, 1.807) is 0 Å². The Labute approximate surface area is 103 Å². The highest BCUT2D eigenvalue weighted by Gasteiger charge is 2.28. The largest absolute Gasteiger partial charge is 0.315 e. The van der Waals surface area contributed by atoms with E-state index >= 15 is 0 Å². The molecule has 1 nitrogen and oxygen atoms in total. The molecule has 1 aromatic carbocycles. The lowest BCUT2D eigenvalue weighted by Gasteiger charge is -2.22. The first-order chi connectivity index (χ1) is 7.79. The molecule has 0 bridgehead atoms. The second kappa shape index (κ2) is 5.74. The summed E-state index contributed by atoms with van der Waals surface area (Å²) in [7, 11) is 0. The molecule has 2 rings (SSSR count). The van der Waals surface area contributed by atoms with Crippen LogP contribution >= 0.6 is 11.8 Å². The van der Waals surface area contributed by atoms with E-state index in [2.05, 4.69) is 54.3 Å². The summed E-state index contributed by atoms with van der Waals surface area (Å²) >= 11 is 2.13. The van der Waals surface area contributed by atoms with E-state index in [1.165, 1.54) is 24.2 Å². The van der Waals surface area contributed by atoms with Crippen molar-refractivity contribution in [1.29, 1.82) is 0 Å². The first-order valence-corrected chi connectivity index (χ1v) is 7.16. The van der Waals surface area contributed by atoms with Gasteiger partial charge in [-0.3, -0.25) is 0 Å². The highest BCUT2D eigenvalue weighted by molar-refractivity contribution is 8.00. The topological polar surface area (TPSA) is 12.0 Å². The molecule has 88 valence electrons. The monoisotopic (exact) mass is 235 g/mol. The zero-order valence-corrected chi connectivity index (χ0v) is 10.9. The lowest BCUT2D eigenvalue weighted by atomic mass is 10.1. The van der Waals surface area contributed by atoms with Crippen molar-refractivity contribution in [2.75, 3.05) is 18.8 Å². The standard InChI is InChI=1S/C14H21NS/c1-14(9-5-11-16-14)12-15-10-8-13-6-3-2-4-7-13/h2-4,6-7,15H,5,8-12H2,1H3. The average molecular weight is 235 g/mol. The van der Waals surface area contributed by atoms with Crippen LogP contribution in [0.1, 0.15) is 25.3 Å². The fraction of sp³-hybridized carbons (Fsp3) is 0.571. The Bertz CT molecular complexity index is 304. The van der Waals surface area contributed by atoms with Gasteiger partial charge in [-0.1, -0.05) is 30.3 Å². The molecule has 0 aliphatic carbocycles. The van der Waals surface area contributed by atoms with Crippen LogP contribution in [0.25, 0.3) is 0 Å². The predicted octanol–water partition coefficient (Wildman–Crippen LogP) is 3.10. The molecule has 1 aliphatic heterocycles. The molecule has 0 radical (unpaired) electrons. The van der Waals surface area contributed by atoms with Crippen LogP contribution < -0.4 is 5.32 Å². The SMILES string of the molecule is CC1(CNCCc2ccccc2)CCCS1. The van der Waals surface area contributed by atoms with Gasteiger partial charge < -0.3 is 5.32 Å². The zero-order valence-electron chi connectivity index (χ0n) is 10.0. The van der Waals surface area contributed by atoms with Crippen molar-refractivity contribution in [3.8, 4) is 0 Å². The van der Waals surface area contributed by atoms with Crippen LogP contribution in [0.3, 0.4) is 0 Å². The van der Waals surface area contributed by atoms with Crippen molar-refractivity contribution in [2.24, 2.45) is 0 Å². The first kappa shape index (κ1) is 12.0. The summed E-state index contributed by atoms with van der Waals surface area (Å²) in [5, 5.41) is 3.60. The van der Waals surface area contributed by atoms with Gasteiger partial charge in [-0.15, -0.1) is 0 Å². The molecule has 0 aromatic heterocycles. The van der Waals surface area contributed by atoms with Gasteiger partial charge in [0.2, 0.25) is 0 Å². The molecule has 16 heavy (non-hydrogen) atoms. The van der Waals surface area contributed by atoms with Crippen molar-refractivity contribution in [2.45, 2.75) is 30.9 Å². The van der Waals surface area contributed by atoms with Gasteiger partial charge in [-0.05, 0) is 44.0 Å². The van der Waals surface area contributed by atoms with Gasteiger partial charge in [0.25, 0.3) is 0 Å². The molecule has 1 saturated heterocycles. The Kier molecular flexibility index (Phi) is 4.30. The third-order valence-electron chi connectivity index (χ3n) is 3.23. The van der Waals surface area contributed by atoms with Crippen LogP contribution in [-0.4, -0.2) is 23.6 Å². The van der Waals surface area contributed by atoms with Crippen LogP contribution in [0.4, 0.5) is 0 Å². The fourth-order valence-corrected chi connectivity index (χ4v) is 3.48. The number of rotatable bonds is 5. The smallest absolute Gasteiger partial charge is 0.0256 e. The van der Waals surface area contributed by atoms with Gasteiger partial charge in [0.05, 0.1) is 0 Å². The number of thioether (sulfide) groups is 1. The minimum atomic E-state index is 0.497. The summed E-state index contributed by atoms with van der Waals surface area (Å²) in [5.74, 6) is 1.34. The predicted molar refractivity (Wildman–Crippen MR) is 73.1 cm³/mol. The fourth-order valence-electron chi connectivity index (χ4n) is 2.21. The van der Waals surface area contributed by atoms with Crippen molar-refractivity contribution in [1.82, 2.24) is 5.32 Å². The lowest BCUT2D eigenvalue weighted by Crippen LogP contribution is -2.33. The van der Waals surface area contributed by atoms with Gasteiger partial charge >= 0.3 is 0 Å². The van der Waals surface area contributed by atoms with E-state index in [1.807, 2.05) is 0 Å². The number of hydrogen-bond donors (Lipinski definition) is 1. The van der Waals surface area contributed by atoms with Crippen molar-refractivity contribution >= 4 is 11.8 Å². The van der Waals surface area contributed by atoms with E-state index in [9.17, 15) is 0 Å². The Morgan fingerprint density at radius 1 is 1.31 bits per heavy atom. The third kappa shape index (κ3) is 3.53. The molecule has 0 amide bonds. The van der Waals surface area contributed by atoms with Gasteiger partial charge in [0.15, 0.2) is 0 Å². The maximum Gasteiger partial charge on any atom is 0.0256 e. The zero-order chi connectivity index (χ0) is 11.3. The quantitative estimate of drug-likeness (QED) is 0.787. The van der Waals surface area contributed by atoms with E-state index in [0.29, 0.717) is 4.75 Å². The van der Waals surface area contributed by atoms with Gasteiger partial charge in [0.1, 0.15) is 0 Å². The Morgan fingerprint density at radius 2 is 2.12 bits per heavy atom. The minimum Gasteiger partial charge on any atom is -0.315 e. The normalized spacial score (nSPS) is 24.8. The van der Waals surface area contributed by atoms with Crippen LogP contribution in [0, 0.1) is 0 Å². The lowest BCUT2D eigenvalue weighted by molar-refractivity contribution is 0.539. The molecule has 1 atom stereocenters. The van der Waals surface area contributed by atoms with Crippen molar-refractivity contribution in [3.05, 3.63) is 35.9 Å². The molecular formula is C14H21NS.